The Morgan fingerprint density at radius 1 is 1.28 bits per heavy atom. The van der Waals surface area contributed by atoms with Gasteiger partial charge in [-0.1, -0.05) is 11.6 Å². The number of hydrogen-bond donors (Lipinski definition) is 2. The Morgan fingerprint density at radius 2 is 2.06 bits per heavy atom. The largest absolute Gasteiger partial charge is 0.352 e. The number of nitrogens with zero attached hydrogens (tertiary/aromatic N) is 3. The van der Waals surface area contributed by atoms with Crippen LogP contribution in [0.3, 0.4) is 0 Å². The smallest absolute Gasteiger partial charge is 0.264 e. The molecule has 0 radical (unpaired) electrons. The first-order chi connectivity index (χ1) is 8.77. The highest BCUT2D eigenvalue weighted by molar-refractivity contribution is 7.12. The van der Waals surface area contributed by atoms with Gasteiger partial charge in [-0.2, -0.15) is 0 Å². The first-order valence-electron chi connectivity index (χ1n) is 5.15. The van der Waals surface area contributed by atoms with Crippen LogP contribution < -0.4 is 10.6 Å². The van der Waals surface area contributed by atoms with Crippen LogP contribution >= 0.6 is 22.9 Å². The maximum Gasteiger partial charge on any atom is 0.264 e. The van der Waals surface area contributed by atoms with E-state index in [0.29, 0.717) is 23.9 Å². The molecule has 2 aromatic rings. The number of rotatable bonds is 5. The average Bonchev–Trinajstić information content (AvgIpc) is 2.82. The van der Waals surface area contributed by atoms with Crippen LogP contribution in [0.5, 0.6) is 0 Å². The van der Waals surface area contributed by atoms with E-state index in [9.17, 15) is 4.79 Å². The van der Waals surface area contributed by atoms with Gasteiger partial charge in [0.15, 0.2) is 5.15 Å². The van der Waals surface area contributed by atoms with Gasteiger partial charge in [0.05, 0.1) is 5.51 Å². The van der Waals surface area contributed by atoms with Crippen molar-refractivity contribution in [2.75, 3.05) is 18.4 Å². The van der Waals surface area contributed by atoms with Gasteiger partial charge in [0, 0.05) is 25.5 Å². The molecule has 0 atom stereocenters. The van der Waals surface area contributed by atoms with Crippen LogP contribution in [-0.2, 0) is 0 Å². The Balaban J connectivity index is 1.73. The highest BCUT2D eigenvalue weighted by Gasteiger charge is 2.11. The Kier molecular flexibility index (Phi) is 4.43. The molecule has 0 unspecified atom stereocenters. The molecule has 6 nitrogen and oxygen atoms in total. The SMILES string of the molecule is O=C(NCCNc1ncccn1)c1scnc1Cl. The van der Waals surface area contributed by atoms with E-state index in [2.05, 4.69) is 25.6 Å². The van der Waals surface area contributed by atoms with Crippen molar-refractivity contribution in [3.05, 3.63) is 34.0 Å². The average molecular weight is 284 g/mol. The van der Waals surface area contributed by atoms with E-state index >= 15 is 0 Å². The van der Waals surface area contributed by atoms with E-state index in [1.807, 2.05) is 0 Å². The van der Waals surface area contributed by atoms with Gasteiger partial charge < -0.3 is 10.6 Å². The quantitative estimate of drug-likeness (QED) is 0.812. The molecule has 1 amide bonds. The van der Waals surface area contributed by atoms with Crippen LogP contribution in [0.1, 0.15) is 9.67 Å². The van der Waals surface area contributed by atoms with Crippen LogP contribution in [0.2, 0.25) is 5.15 Å². The number of nitrogens with one attached hydrogen (secondary N) is 2. The molecule has 0 aliphatic rings. The summed E-state index contributed by atoms with van der Waals surface area (Å²) < 4.78 is 0. The van der Waals surface area contributed by atoms with Gasteiger partial charge in [-0.15, -0.1) is 11.3 Å². The van der Waals surface area contributed by atoms with Gasteiger partial charge in [0.1, 0.15) is 4.88 Å². The summed E-state index contributed by atoms with van der Waals surface area (Å²) in [5, 5.41) is 5.94. The van der Waals surface area contributed by atoms with Gasteiger partial charge in [0.2, 0.25) is 5.95 Å². The molecule has 0 saturated heterocycles. The number of anilines is 1. The van der Waals surface area contributed by atoms with E-state index < -0.39 is 0 Å². The lowest BCUT2D eigenvalue weighted by atomic mass is 10.5. The van der Waals surface area contributed by atoms with Crippen LogP contribution in [0.4, 0.5) is 5.95 Å². The predicted octanol–water partition coefficient (Wildman–Crippen LogP) is 1.43. The zero-order valence-corrected chi connectivity index (χ0v) is 10.8. The summed E-state index contributed by atoms with van der Waals surface area (Å²) in [6.07, 6.45) is 3.29. The standard InChI is InChI=1S/C10H10ClN5OS/c11-8-7(18-6-16-8)9(17)12-4-5-15-10-13-2-1-3-14-10/h1-3,6H,4-5H2,(H,12,17)(H,13,14,15). The van der Waals surface area contributed by atoms with Crippen molar-refractivity contribution in [2.24, 2.45) is 0 Å². The zero-order valence-electron chi connectivity index (χ0n) is 9.26. The molecule has 2 aromatic heterocycles. The van der Waals surface area contributed by atoms with Gasteiger partial charge >= 0.3 is 0 Å². The molecular formula is C10H10ClN5OS. The highest BCUT2D eigenvalue weighted by Crippen LogP contribution is 2.17. The van der Waals surface area contributed by atoms with E-state index in [1.165, 1.54) is 16.8 Å². The molecule has 0 aromatic carbocycles. The number of aromatic nitrogens is 3. The molecule has 0 spiro atoms. The monoisotopic (exact) mass is 283 g/mol. The van der Waals surface area contributed by atoms with Gasteiger partial charge in [-0.25, -0.2) is 15.0 Å². The van der Waals surface area contributed by atoms with Crippen LogP contribution in [0.15, 0.2) is 24.0 Å². The van der Waals surface area contributed by atoms with Crippen molar-refractivity contribution in [3.8, 4) is 0 Å². The summed E-state index contributed by atoms with van der Waals surface area (Å²) in [4.78, 5) is 23.9. The van der Waals surface area contributed by atoms with Crippen LogP contribution in [0, 0.1) is 0 Å². The second-order valence-electron chi connectivity index (χ2n) is 3.23. The fourth-order valence-electron chi connectivity index (χ4n) is 1.20. The minimum Gasteiger partial charge on any atom is -0.352 e. The summed E-state index contributed by atoms with van der Waals surface area (Å²) in [5.74, 6) is 0.306. The second kappa shape index (κ2) is 6.27. The third kappa shape index (κ3) is 3.38. The van der Waals surface area contributed by atoms with Gasteiger partial charge in [-0.3, -0.25) is 4.79 Å². The topological polar surface area (TPSA) is 79.8 Å². The maximum absolute atomic E-state index is 11.7. The summed E-state index contributed by atoms with van der Waals surface area (Å²) in [6, 6.07) is 1.73. The highest BCUT2D eigenvalue weighted by atomic mass is 35.5. The molecule has 2 N–H and O–H groups in total. The van der Waals surface area contributed by atoms with Gasteiger partial charge in [0.25, 0.3) is 5.91 Å². The number of carbonyl (C=O) groups excluding carboxylic acids is 1. The number of halogens is 1. The van der Waals surface area contributed by atoms with Crippen molar-refractivity contribution in [1.29, 1.82) is 0 Å². The number of hydrogen-bond acceptors (Lipinski definition) is 6. The lowest BCUT2D eigenvalue weighted by molar-refractivity contribution is 0.0959. The Morgan fingerprint density at radius 3 is 2.72 bits per heavy atom. The molecule has 2 rings (SSSR count). The molecule has 0 aliphatic carbocycles. The number of thiazole rings is 1. The normalized spacial score (nSPS) is 10.1. The minimum atomic E-state index is -0.224. The van der Waals surface area contributed by atoms with E-state index in [0.717, 1.165) is 0 Å². The van der Waals surface area contributed by atoms with Crippen LogP contribution in [-0.4, -0.2) is 33.9 Å². The molecule has 94 valence electrons. The summed E-state index contributed by atoms with van der Waals surface area (Å²) in [6.45, 7) is 0.984. The van der Waals surface area contributed by atoms with Crippen molar-refractivity contribution in [1.82, 2.24) is 20.3 Å². The first kappa shape index (κ1) is 12.7. The summed E-state index contributed by atoms with van der Waals surface area (Å²) >= 11 is 6.96. The van der Waals surface area contributed by atoms with Gasteiger partial charge in [-0.05, 0) is 6.07 Å². The molecule has 8 heteroatoms. The van der Waals surface area contributed by atoms with Crippen molar-refractivity contribution in [3.63, 3.8) is 0 Å². The lowest BCUT2D eigenvalue weighted by Gasteiger charge is -2.05. The third-order valence-corrected chi connectivity index (χ3v) is 3.21. The lowest BCUT2D eigenvalue weighted by Crippen LogP contribution is -2.28. The Hall–Kier alpha value is -1.73. The third-order valence-electron chi connectivity index (χ3n) is 1.99. The first-order valence-corrected chi connectivity index (χ1v) is 6.41. The zero-order chi connectivity index (χ0) is 12.8. The summed E-state index contributed by atoms with van der Waals surface area (Å²) in [7, 11) is 0. The van der Waals surface area contributed by atoms with E-state index in [-0.39, 0.29) is 11.1 Å². The molecule has 2 heterocycles. The Bertz CT molecular complexity index is 518. The Labute approximate surface area is 112 Å². The van der Waals surface area contributed by atoms with E-state index in [1.54, 1.807) is 18.5 Å². The maximum atomic E-state index is 11.7. The van der Waals surface area contributed by atoms with Crippen molar-refractivity contribution >= 4 is 34.8 Å². The fraction of sp³-hybridized carbons (Fsp3) is 0.200. The molecule has 0 fully saturated rings. The van der Waals surface area contributed by atoms with E-state index in [4.69, 9.17) is 11.6 Å². The molecule has 18 heavy (non-hydrogen) atoms. The fourth-order valence-corrected chi connectivity index (χ4v) is 2.12. The number of amides is 1. The van der Waals surface area contributed by atoms with Crippen molar-refractivity contribution in [2.45, 2.75) is 0 Å². The molecule has 0 aliphatic heterocycles. The van der Waals surface area contributed by atoms with Crippen LogP contribution in [0.25, 0.3) is 0 Å². The summed E-state index contributed by atoms with van der Waals surface area (Å²) in [5.41, 5.74) is 1.54. The van der Waals surface area contributed by atoms with Crippen molar-refractivity contribution < 1.29 is 4.79 Å². The predicted molar refractivity (Wildman–Crippen MR) is 70.0 cm³/mol. The molecule has 0 bridgehead atoms. The minimum absolute atomic E-state index is 0.224. The molecular weight excluding hydrogens is 274 g/mol. The number of carbonyl (C=O) groups is 1. The second-order valence-corrected chi connectivity index (χ2v) is 4.44. The molecule has 0 saturated carbocycles.